The van der Waals surface area contributed by atoms with Gasteiger partial charge in [-0.3, -0.25) is 0 Å². The molecule has 0 bridgehead atoms. The van der Waals surface area contributed by atoms with Crippen molar-refractivity contribution in [1.82, 2.24) is 0 Å². The van der Waals surface area contributed by atoms with Crippen molar-refractivity contribution in [2.24, 2.45) is 11.8 Å². The zero-order valence-corrected chi connectivity index (χ0v) is 13.4. The number of rotatable bonds is 10. The third-order valence-corrected chi connectivity index (χ3v) is 3.22. The first-order chi connectivity index (χ1) is 8.92. The molecular weight excluding hydrogens is 240 g/mol. The summed E-state index contributed by atoms with van der Waals surface area (Å²) in [4.78, 5) is 0. The molecule has 0 fully saturated rings. The summed E-state index contributed by atoms with van der Waals surface area (Å²) in [5.74, 6) is 1.80. The monoisotopic (exact) mass is 270 g/mol. The highest BCUT2D eigenvalue weighted by Gasteiger charge is 2.11. The lowest BCUT2D eigenvalue weighted by atomic mass is 9.91. The van der Waals surface area contributed by atoms with Gasteiger partial charge in [-0.15, -0.1) is 0 Å². The Hall–Kier alpha value is -0.800. The molecule has 0 aromatic rings. The third kappa shape index (κ3) is 8.06. The maximum absolute atomic E-state index is 5.59. The average molecular weight is 270 g/mol. The third-order valence-electron chi connectivity index (χ3n) is 3.22. The average Bonchev–Trinajstić information content (AvgIpc) is 2.35. The molecule has 0 N–H and O–H groups in total. The van der Waals surface area contributed by atoms with E-state index in [-0.39, 0.29) is 6.29 Å². The Morgan fingerprint density at radius 3 is 2.05 bits per heavy atom. The number of hydrogen-bond donors (Lipinski definition) is 0. The van der Waals surface area contributed by atoms with Crippen molar-refractivity contribution < 1.29 is 14.2 Å². The molecule has 0 aliphatic rings. The quantitative estimate of drug-likeness (QED) is 0.339. The van der Waals surface area contributed by atoms with Gasteiger partial charge in [0.05, 0.1) is 0 Å². The number of hydrogen-bond acceptors (Lipinski definition) is 3. The van der Waals surface area contributed by atoms with E-state index in [1.165, 1.54) is 5.57 Å². The fraction of sp³-hybridized carbons (Fsp3) is 0.750. The summed E-state index contributed by atoms with van der Waals surface area (Å²) in [6, 6.07) is 0. The van der Waals surface area contributed by atoms with Gasteiger partial charge in [0.25, 0.3) is 0 Å². The van der Waals surface area contributed by atoms with E-state index in [0.29, 0.717) is 37.4 Å². The Morgan fingerprint density at radius 2 is 1.63 bits per heavy atom. The first kappa shape index (κ1) is 18.2. The Labute approximate surface area is 118 Å². The lowest BCUT2D eigenvalue weighted by Gasteiger charge is -2.19. The van der Waals surface area contributed by atoms with Crippen LogP contribution in [0.5, 0.6) is 0 Å². The lowest BCUT2D eigenvalue weighted by Crippen LogP contribution is -2.23. The van der Waals surface area contributed by atoms with Gasteiger partial charge in [-0.05, 0) is 38.7 Å². The number of ether oxygens (including phenoxy) is 3. The minimum atomic E-state index is -0.317. The van der Waals surface area contributed by atoms with E-state index in [1.54, 1.807) is 0 Å². The summed E-state index contributed by atoms with van der Waals surface area (Å²) in [7, 11) is 0. The largest absolute Gasteiger partial charge is 0.489 e. The van der Waals surface area contributed by atoms with Gasteiger partial charge in [0.1, 0.15) is 12.4 Å². The predicted octanol–water partition coefficient (Wildman–Crippen LogP) is 4.15. The van der Waals surface area contributed by atoms with E-state index < -0.39 is 0 Å². The normalized spacial score (nSPS) is 14.0. The lowest BCUT2D eigenvalue weighted by molar-refractivity contribution is -0.159. The number of allylic oxidation sites excluding steroid dienone is 2. The van der Waals surface area contributed by atoms with Gasteiger partial charge < -0.3 is 14.2 Å². The Kier molecular flexibility index (Phi) is 9.62. The highest BCUT2D eigenvalue weighted by Crippen LogP contribution is 2.20. The molecular formula is C16H30O3. The summed E-state index contributed by atoms with van der Waals surface area (Å²) in [6.07, 6.45) is 1.68. The SMILES string of the molecule is C=C(/C=C(\C)C(C)C(C)C)OCC(OCC)OCC. The van der Waals surface area contributed by atoms with Crippen molar-refractivity contribution in [3.8, 4) is 0 Å². The topological polar surface area (TPSA) is 27.7 Å². The zero-order chi connectivity index (χ0) is 14.8. The van der Waals surface area contributed by atoms with E-state index in [4.69, 9.17) is 14.2 Å². The van der Waals surface area contributed by atoms with Crippen LogP contribution in [0.25, 0.3) is 0 Å². The van der Waals surface area contributed by atoms with Gasteiger partial charge in [-0.2, -0.15) is 0 Å². The van der Waals surface area contributed by atoms with E-state index in [2.05, 4.69) is 34.3 Å². The van der Waals surface area contributed by atoms with Crippen molar-refractivity contribution in [2.75, 3.05) is 19.8 Å². The minimum absolute atomic E-state index is 0.317. The molecule has 0 heterocycles. The molecule has 1 atom stereocenters. The smallest absolute Gasteiger partial charge is 0.191 e. The van der Waals surface area contributed by atoms with Crippen molar-refractivity contribution in [3.63, 3.8) is 0 Å². The molecule has 3 nitrogen and oxygen atoms in total. The Bertz CT molecular complexity index is 276. The molecule has 0 aliphatic heterocycles. The van der Waals surface area contributed by atoms with E-state index in [0.717, 1.165) is 0 Å². The molecule has 1 unspecified atom stereocenters. The van der Waals surface area contributed by atoms with Crippen LogP contribution >= 0.6 is 0 Å². The molecule has 0 saturated carbocycles. The van der Waals surface area contributed by atoms with E-state index in [1.807, 2.05) is 19.9 Å². The van der Waals surface area contributed by atoms with Gasteiger partial charge in [0.2, 0.25) is 0 Å². The standard InChI is InChI=1S/C16H30O3/c1-8-17-16(18-9-2)11-19-14(6)10-13(5)15(7)12(3)4/h10,12,15-16H,6,8-9,11H2,1-5,7H3/b13-10+. The van der Waals surface area contributed by atoms with Crippen LogP contribution in [0.15, 0.2) is 24.0 Å². The van der Waals surface area contributed by atoms with Crippen molar-refractivity contribution in [1.29, 1.82) is 0 Å². The molecule has 19 heavy (non-hydrogen) atoms. The van der Waals surface area contributed by atoms with Crippen LogP contribution in [-0.4, -0.2) is 26.1 Å². The van der Waals surface area contributed by atoms with Crippen LogP contribution in [0.1, 0.15) is 41.5 Å². The Balaban J connectivity index is 4.25. The molecule has 112 valence electrons. The van der Waals surface area contributed by atoms with Gasteiger partial charge >= 0.3 is 0 Å². The molecule has 0 amide bonds. The molecule has 0 aliphatic carbocycles. The van der Waals surface area contributed by atoms with Crippen LogP contribution in [0.3, 0.4) is 0 Å². The summed E-state index contributed by atoms with van der Waals surface area (Å²) in [5, 5.41) is 0. The first-order valence-corrected chi connectivity index (χ1v) is 7.15. The molecule has 0 aromatic heterocycles. The van der Waals surface area contributed by atoms with Crippen molar-refractivity contribution in [3.05, 3.63) is 24.0 Å². The van der Waals surface area contributed by atoms with Crippen LogP contribution in [0.2, 0.25) is 0 Å². The van der Waals surface area contributed by atoms with E-state index >= 15 is 0 Å². The highest BCUT2D eigenvalue weighted by molar-refractivity contribution is 5.16. The molecule has 0 aromatic carbocycles. The van der Waals surface area contributed by atoms with Crippen LogP contribution in [0, 0.1) is 11.8 Å². The van der Waals surface area contributed by atoms with E-state index in [9.17, 15) is 0 Å². The van der Waals surface area contributed by atoms with Gasteiger partial charge in [0, 0.05) is 13.2 Å². The second kappa shape index (κ2) is 10.0. The molecule has 0 spiro atoms. The van der Waals surface area contributed by atoms with Gasteiger partial charge in [-0.25, -0.2) is 0 Å². The molecule has 0 radical (unpaired) electrons. The van der Waals surface area contributed by atoms with Crippen LogP contribution in [0.4, 0.5) is 0 Å². The molecule has 0 saturated heterocycles. The second-order valence-electron chi connectivity index (χ2n) is 5.04. The van der Waals surface area contributed by atoms with Gasteiger partial charge in [-0.1, -0.05) is 32.9 Å². The summed E-state index contributed by atoms with van der Waals surface area (Å²) < 4.78 is 16.4. The first-order valence-electron chi connectivity index (χ1n) is 7.15. The highest BCUT2D eigenvalue weighted by atomic mass is 16.7. The second-order valence-corrected chi connectivity index (χ2v) is 5.04. The zero-order valence-electron chi connectivity index (χ0n) is 13.4. The molecule has 3 heteroatoms. The summed E-state index contributed by atoms with van der Waals surface area (Å²) in [5.41, 5.74) is 1.28. The summed E-state index contributed by atoms with van der Waals surface area (Å²) >= 11 is 0. The minimum Gasteiger partial charge on any atom is -0.489 e. The molecule has 0 rings (SSSR count). The Morgan fingerprint density at radius 1 is 1.11 bits per heavy atom. The van der Waals surface area contributed by atoms with Crippen LogP contribution < -0.4 is 0 Å². The predicted molar refractivity (Wildman–Crippen MR) is 79.9 cm³/mol. The van der Waals surface area contributed by atoms with Gasteiger partial charge in [0.15, 0.2) is 6.29 Å². The fourth-order valence-electron chi connectivity index (χ4n) is 1.64. The van der Waals surface area contributed by atoms with Crippen molar-refractivity contribution in [2.45, 2.75) is 47.8 Å². The maximum Gasteiger partial charge on any atom is 0.191 e. The van der Waals surface area contributed by atoms with Crippen molar-refractivity contribution >= 4 is 0 Å². The summed E-state index contributed by atoms with van der Waals surface area (Å²) in [6.45, 7) is 18.2. The fourth-order valence-corrected chi connectivity index (χ4v) is 1.64. The van der Waals surface area contributed by atoms with Crippen LogP contribution in [-0.2, 0) is 14.2 Å². The maximum atomic E-state index is 5.59.